The fourth-order valence-electron chi connectivity index (χ4n) is 3.90. The summed E-state index contributed by atoms with van der Waals surface area (Å²) in [5, 5.41) is 10.6. The molecule has 208 valence electrons. The molecule has 5 aromatic rings. The normalized spacial score (nSPS) is 11.6. The van der Waals surface area contributed by atoms with E-state index in [1.807, 2.05) is 0 Å². The molecule has 0 spiro atoms. The molecule has 0 saturated heterocycles. The van der Waals surface area contributed by atoms with Crippen molar-refractivity contribution >= 4 is 22.5 Å². The molecular formula is C23H17F6N9O2. The van der Waals surface area contributed by atoms with Crippen LogP contribution < -0.4 is 16.7 Å². The van der Waals surface area contributed by atoms with Gasteiger partial charge >= 0.3 is 11.4 Å². The smallest absolute Gasteiger partial charge is 0.323 e. The van der Waals surface area contributed by atoms with Gasteiger partial charge in [-0.05, 0) is 12.1 Å². The van der Waals surface area contributed by atoms with Crippen LogP contribution in [-0.2, 0) is 26.7 Å². The number of hydrogen-bond acceptors (Lipinski definition) is 7. The highest BCUT2D eigenvalue weighted by Gasteiger charge is 2.20. The zero-order valence-electron chi connectivity index (χ0n) is 20.3. The number of alkyl halides is 2. The number of rotatable bonds is 8. The molecular weight excluding hydrogens is 548 g/mol. The fourth-order valence-corrected chi connectivity index (χ4v) is 3.90. The summed E-state index contributed by atoms with van der Waals surface area (Å²) in [4.78, 5) is 33.9. The van der Waals surface area contributed by atoms with Crippen LogP contribution in [0.3, 0.4) is 0 Å². The molecule has 3 heterocycles. The number of nitrogens with zero attached hydrogens (tertiary/aromatic N) is 8. The van der Waals surface area contributed by atoms with E-state index in [4.69, 9.17) is 0 Å². The van der Waals surface area contributed by atoms with Crippen LogP contribution in [-0.4, -0.2) is 45.1 Å². The number of aryl methyl sites for hydroxylation is 1. The molecule has 40 heavy (non-hydrogen) atoms. The van der Waals surface area contributed by atoms with Crippen LogP contribution in [0.4, 0.5) is 38.0 Å². The van der Waals surface area contributed by atoms with E-state index in [2.05, 4.69) is 25.5 Å². The zero-order valence-corrected chi connectivity index (χ0v) is 20.3. The molecule has 0 aliphatic rings. The monoisotopic (exact) mass is 565 g/mol. The summed E-state index contributed by atoms with van der Waals surface area (Å²) < 4.78 is 85.9. The first-order valence-electron chi connectivity index (χ1n) is 11.4. The van der Waals surface area contributed by atoms with Gasteiger partial charge in [0.05, 0.1) is 24.3 Å². The molecule has 17 heteroatoms. The van der Waals surface area contributed by atoms with Gasteiger partial charge < -0.3 is 5.32 Å². The molecule has 0 fully saturated rings. The molecule has 0 bridgehead atoms. The van der Waals surface area contributed by atoms with Gasteiger partial charge in [0.25, 0.3) is 6.43 Å². The van der Waals surface area contributed by atoms with Crippen LogP contribution in [0.5, 0.6) is 0 Å². The van der Waals surface area contributed by atoms with Crippen molar-refractivity contribution in [2.45, 2.75) is 26.1 Å². The molecule has 3 aromatic heterocycles. The Hall–Kier alpha value is -4.96. The second kappa shape index (κ2) is 10.3. The number of benzene rings is 2. The Labute approximate surface area is 218 Å². The van der Waals surface area contributed by atoms with Gasteiger partial charge in [-0.25, -0.2) is 45.5 Å². The number of hydrogen-bond donors (Lipinski definition) is 1. The van der Waals surface area contributed by atoms with Gasteiger partial charge in [-0.2, -0.15) is 15.2 Å². The highest BCUT2D eigenvalue weighted by Crippen LogP contribution is 2.25. The molecule has 0 saturated carbocycles. The third kappa shape index (κ3) is 5.29. The van der Waals surface area contributed by atoms with Gasteiger partial charge in [-0.1, -0.05) is 0 Å². The minimum Gasteiger partial charge on any atom is -0.323 e. The van der Waals surface area contributed by atoms with Gasteiger partial charge in [-0.15, -0.1) is 0 Å². The summed E-state index contributed by atoms with van der Waals surface area (Å²) in [5.41, 5.74) is -2.94. The first-order valence-corrected chi connectivity index (χ1v) is 11.4. The zero-order chi connectivity index (χ0) is 28.7. The highest BCUT2D eigenvalue weighted by atomic mass is 19.3. The van der Waals surface area contributed by atoms with Crippen molar-refractivity contribution < 1.29 is 26.3 Å². The molecule has 0 unspecified atom stereocenters. The van der Waals surface area contributed by atoms with Crippen molar-refractivity contribution in [1.29, 1.82) is 0 Å². The fraction of sp³-hybridized carbons (Fsp3) is 0.217. The lowest BCUT2D eigenvalue weighted by molar-refractivity contribution is 0.122. The maximum Gasteiger partial charge on any atom is 0.355 e. The second-order valence-corrected chi connectivity index (χ2v) is 8.62. The predicted octanol–water partition coefficient (Wildman–Crippen LogP) is 2.54. The van der Waals surface area contributed by atoms with Crippen molar-refractivity contribution in [2.75, 3.05) is 5.32 Å². The second-order valence-electron chi connectivity index (χ2n) is 8.62. The van der Waals surface area contributed by atoms with E-state index in [0.717, 1.165) is 10.7 Å². The molecule has 11 nitrogen and oxygen atoms in total. The van der Waals surface area contributed by atoms with E-state index in [1.165, 1.54) is 23.3 Å². The SMILES string of the molecule is Cn1cnc(Cn2c(=O)nc(Nc3cc4cn(CC(F)F)nc4cc3F)n(Cc3cc(F)c(F)cc3F)c2=O)n1. The lowest BCUT2D eigenvalue weighted by atomic mass is 10.2. The summed E-state index contributed by atoms with van der Waals surface area (Å²) in [5.74, 6) is -5.50. The Morgan fingerprint density at radius 2 is 1.65 bits per heavy atom. The number of anilines is 2. The van der Waals surface area contributed by atoms with Crippen LogP contribution in [0.15, 0.2) is 46.4 Å². The van der Waals surface area contributed by atoms with E-state index in [9.17, 15) is 35.9 Å². The standard InChI is InChI=1S/C23H17F6N9O2/c1-35-10-30-20(34-35)9-38-22(39)32-21(37(23(38)40)7-11-2-14(25)15(26)4-13(11)24)31-18-3-12-6-36(8-19(28)29)33-17(12)5-16(18)27/h2-6,10,19H,7-9H2,1H3,(H,31,32,39). The van der Waals surface area contributed by atoms with Crippen molar-refractivity contribution in [2.24, 2.45) is 7.05 Å². The van der Waals surface area contributed by atoms with Crippen LogP contribution >= 0.6 is 0 Å². The summed E-state index contributed by atoms with van der Waals surface area (Å²) in [6, 6.07) is 2.93. The minimum absolute atomic E-state index is 0.0520. The summed E-state index contributed by atoms with van der Waals surface area (Å²) in [6.07, 6.45) is -0.151. The summed E-state index contributed by atoms with van der Waals surface area (Å²) in [6.45, 7) is -1.91. The molecule has 0 aliphatic carbocycles. The van der Waals surface area contributed by atoms with Gasteiger partial charge in [-0.3, -0.25) is 13.9 Å². The predicted molar refractivity (Wildman–Crippen MR) is 127 cm³/mol. The summed E-state index contributed by atoms with van der Waals surface area (Å²) in [7, 11) is 1.55. The molecule has 5 rings (SSSR count). The molecule has 1 N–H and O–H groups in total. The number of nitrogens with one attached hydrogen (secondary N) is 1. The van der Waals surface area contributed by atoms with Gasteiger partial charge in [0.1, 0.15) is 24.5 Å². The Balaban J connectivity index is 1.61. The first-order chi connectivity index (χ1) is 19.0. The third-order valence-electron chi connectivity index (χ3n) is 5.73. The number of aromatic nitrogens is 8. The lowest BCUT2D eigenvalue weighted by Crippen LogP contribution is -2.43. The lowest BCUT2D eigenvalue weighted by Gasteiger charge is -2.16. The number of fused-ring (bicyclic) bond motifs is 1. The maximum atomic E-state index is 14.9. The van der Waals surface area contributed by atoms with Crippen LogP contribution in [0, 0.1) is 23.3 Å². The molecule has 0 atom stereocenters. The Bertz CT molecular complexity index is 1860. The Morgan fingerprint density at radius 1 is 0.900 bits per heavy atom. The van der Waals surface area contributed by atoms with Crippen molar-refractivity contribution in [3.05, 3.63) is 92.4 Å². The first kappa shape index (κ1) is 26.6. The molecule has 2 aromatic carbocycles. The van der Waals surface area contributed by atoms with Gasteiger partial charge in [0.2, 0.25) is 5.95 Å². The van der Waals surface area contributed by atoms with Crippen molar-refractivity contribution in [1.82, 2.24) is 38.7 Å². The highest BCUT2D eigenvalue weighted by molar-refractivity contribution is 5.83. The molecule has 0 amide bonds. The molecule has 0 aliphatic heterocycles. The van der Waals surface area contributed by atoms with Crippen molar-refractivity contribution in [3.63, 3.8) is 0 Å². The third-order valence-corrected chi connectivity index (χ3v) is 5.73. The Morgan fingerprint density at radius 3 is 2.35 bits per heavy atom. The largest absolute Gasteiger partial charge is 0.355 e. The Kier molecular flexibility index (Phi) is 6.87. The van der Waals surface area contributed by atoms with E-state index in [1.54, 1.807) is 7.05 Å². The van der Waals surface area contributed by atoms with Crippen LogP contribution in [0.25, 0.3) is 10.9 Å². The topological polar surface area (TPSA) is 117 Å². The minimum atomic E-state index is -2.71. The van der Waals surface area contributed by atoms with E-state index in [-0.39, 0.29) is 28.5 Å². The number of halogens is 6. The molecule has 0 radical (unpaired) electrons. The van der Waals surface area contributed by atoms with E-state index in [0.29, 0.717) is 15.2 Å². The van der Waals surface area contributed by atoms with Crippen LogP contribution in [0.2, 0.25) is 0 Å². The van der Waals surface area contributed by atoms with E-state index >= 15 is 0 Å². The van der Waals surface area contributed by atoms with E-state index < -0.39 is 72.2 Å². The average molecular weight is 565 g/mol. The van der Waals surface area contributed by atoms with Crippen LogP contribution in [0.1, 0.15) is 11.4 Å². The van der Waals surface area contributed by atoms with Gasteiger partial charge in [0, 0.05) is 36.3 Å². The maximum absolute atomic E-state index is 14.9. The summed E-state index contributed by atoms with van der Waals surface area (Å²) >= 11 is 0. The van der Waals surface area contributed by atoms with Gasteiger partial charge in [0.15, 0.2) is 17.5 Å². The average Bonchev–Trinajstić information content (AvgIpc) is 3.46. The quantitative estimate of drug-likeness (QED) is 0.227. The van der Waals surface area contributed by atoms with Crippen molar-refractivity contribution in [3.8, 4) is 0 Å².